The van der Waals surface area contributed by atoms with Crippen LogP contribution in [-0.2, 0) is 19.1 Å². The van der Waals surface area contributed by atoms with Gasteiger partial charge in [-0.15, -0.1) is 0 Å². The number of carbonyl (C=O) groups excluding carboxylic acids is 2. The molecule has 1 atom stereocenters. The van der Waals surface area contributed by atoms with E-state index in [1.165, 1.54) is 193 Å². The minimum atomic E-state index is -0.778. The molecular weight excluding hydrogens is 981 g/mol. The number of allylic oxidation sites excluding steroid dienone is 20. The van der Waals surface area contributed by atoms with Gasteiger partial charge in [0, 0.05) is 12.8 Å². The second-order valence-electron chi connectivity index (χ2n) is 22.5. The van der Waals surface area contributed by atoms with Gasteiger partial charge >= 0.3 is 11.9 Å². The number of carbonyl (C=O) groups is 2. The Balaban J connectivity index is 3.45. The van der Waals surface area contributed by atoms with Gasteiger partial charge in [-0.25, -0.2) is 0 Å². The molecule has 0 aromatic heterocycles. The molecule has 0 aliphatic carbocycles. The summed E-state index contributed by atoms with van der Waals surface area (Å²) in [5.41, 5.74) is 0. The van der Waals surface area contributed by atoms with E-state index < -0.39 is 6.10 Å². The van der Waals surface area contributed by atoms with Crippen molar-refractivity contribution < 1.29 is 24.2 Å². The Morgan fingerprint density at radius 3 is 0.750 bits per heavy atom. The predicted octanol–water partition coefficient (Wildman–Crippen LogP) is 23.8. The van der Waals surface area contributed by atoms with Crippen LogP contribution >= 0.6 is 0 Å². The summed E-state index contributed by atoms with van der Waals surface area (Å²) in [4.78, 5) is 24.6. The number of ether oxygens (including phenoxy) is 2. The Morgan fingerprint density at radius 2 is 0.500 bits per heavy atom. The number of rotatable bonds is 62. The first-order chi connectivity index (χ1) is 39.6. The molecule has 0 amide bonds. The van der Waals surface area contributed by atoms with Gasteiger partial charge in [0.15, 0.2) is 6.10 Å². The van der Waals surface area contributed by atoms with E-state index in [2.05, 4.69) is 135 Å². The number of aliphatic hydroxyl groups is 1. The lowest BCUT2D eigenvalue weighted by Gasteiger charge is -2.15. The highest BCUT2D eigenvalue weighted by atomic mass is 16.6. The number of hydrogen-bond donors (Lipinski definition) is 1. The maximum absolute atomic E-state index is 12.4. The molecule has 0 saturated heterocycles. The molecular formula is C75H128O5. The zero-order valence-corrected chi connectivity index (χ0v) is 52.6. The van der Waals surface area contributed by atoms with Crippen molar-refractivity contribution in [1.29, 1.82) is 0 Å². The average molecular weight is 1110 g/mol. The summed E-state index contributed by atoms with van der Waals surface area (Å²) in [6.07, 6.45) is 102. The molecule has 0 bridgehead atoms. The molecule has 0 aromatic rings. The highest BCUT2D eigenvalue weighted by Crippen LogP contribution is 2.18. The van der Waals surface area contributed by atoms with Gasteiger partial charge in [-0.2, -0.15) is 0 Å². The standard InChI is InChI=1S/C75H128O5/c1-3-5-7-9-11-13-15-17-19-21-23-25-27-29-31-33-34-35-36-37-38-39-40-42-44-46-48-50-52-54-56-58-60-62-64-66-68-70-75(78)80-73(71-76)72-79-74(77)69-67-65-63-61-59-57-55-53-51-49-47-45-43-41-32-30-28-26-24-22-20-18-16-14-12-10-8-6-4-2/h5-8,11-14,17-20,23-26,29,31,34-35,73,76H,3-4,9-10,15-16,21-22,27-28,30,32-33,36-72H2,1-2H3/b7-5-,8-6-,13-11-,14-12-,19-17-,20-18-,25-23-,26-24-,31-29-,35-34-. The Morgan fingerprint density at radius 1 is 0.287 bits per heavy atom. The molecule has 0 spiro atoms. The number of esters is 2. The minimum absolute atomic E-state index is 0.0669. The van der Waals surface area contributed by atoms with E-state index in [0.717, 1.165) is 103 Å². The van der Waals surface area contributed by atoms with Crippen molar-refractivity contribution in [1.82, 2.24) is 0 Å². The largest absolute Gasteiger partial charge is 0.462 e. The predicted molar refractivity (Wildman–Crippen MR) is 352 cm³/mol. The first-order valence-corrected chi connectivity index (χ1v) is 34.1. The zero-order valence-electron chi connectivity index (χ0n) is 52.6. The first-order valence-electron chi connectivity index (χ1n) is 34.1. The Labute approximate surface area is 496 Å². The van der Waals surface area contributed by atoms with Gasteiger partial charge in [0.2, 0.25) is 0 Å². The van der Waals surface area contributed by atoms with Crippen LogP contribution in [0.2, 0.25) is 0 Å². The van der Waals surface area contributed by atoms with Crippen molar-refractivity contribution in [3.05, 3.63) is 122 Å². The van der Waals surface area contributed by atoms with Crippen LogP contribution in [0.1, 0.15) is 322 Å². The molecule has 0 aliphatic rings. The highest BCUT2D eigenvalue weighted by molar-refractivity contribution is 5.70. The summed E-state index contributed by atoms with van der Waals surface area (Å²) in [5, 5.41) is 9.70. The first kappa shape index (κ1) is 76.3. The van der Waals surface area contributed by atoms with E-state index >= 15 is 0 Å². The van der Waals surface area contributed by atoms with Crippen LogP contribution in [0.15, 0.2) is 122 Å². The van der Waals surface area contributed by atoms with Crippen molar-refractivity contribution >= 4 is 11.9 Å². The smallest absolute Gasteiger partial charge is 0.306 e. The molecule has 0 aromatic carbocycles. The van der Waals surface area contributed by atoms with Gasteiger partial charge in [-0.3, -0.25) is 9.59 Å². The molecule has 0 fully saturated rings. The van der Waals surface area contributed by atoms with Crippen molar-refractivity contribution in [2.75, 3.05) is 13.2 Å². The van der Waals surface area contributed by atoms with Gasteiger partial charge in [-0.1, -0.05) is 328 Å². The molecule has 5 nitrogen and oxygen atoms in total. The fraction of sp³-hybridized carbons (Fsp3) is 0.707. The fourth-order valence-electron chi connectivity index (χ4n) is 9.73. The highest BCUT2D eigenvalue weighted by Gasteiger charge is 2.16. The molecule has 458 valence electrons. The second kappa shape index (κ2) is 69.6. The molecule has 80 heavy (non-hydrogen) atoms. The van der Waals surface area contributed by atoms with E-state index in [4.69, 9.17) is 9.47 Å². The molecule has 1 unspecified atom stereocenters. The molecule has 0 heterocycles. The van der Waals surface area contributed by atoms with Gasteiger partial charge < -0.3 is 14.6 Å². The molecule has 0 aliphatic heterocycles. The Hall–Kier alpha value is -3.70. The van der Waals surface area contributed by atoms with Gasteiger partial charge in [0.25, 0.3) is 0 Å². The Bertz CT molecular complexity index is 1590. The monoisotopic (exact) mass is 1110 g/mol. The summed E-state index contributed by atoms with van der Waals surface area (Å²) >= 11 is 0. The average Bonchev–Trinajstić information content (AvgIpc) is 3.46. The molecule has 1 N–H and O–H groups in total. The van der Waals surface area contributed by atoms with Gasteiger partial charge in [0.05, 0.1) is 6.61 Å². The summed E-state index contributed by atoms with van der Waals surface area (Å²) in [5.74, 6) is -0.581. The van der Waals surface area contributed by atoms with Crippen LogP contribution in [0.3, 0.4) is 0 Å². The van der Waals surface area contributed by atoms with Crippen LogP contribution in [-0.4, -0.2) is 36.4 Å². The van der Waals surface area contributed by atoms with E-state index in [0.29, 0.717) is 12.8 Å². The second-order valence-corrected chi connectivity index (χ2v) is 22.5. The third kappa shape index (κ3) is 66.8. The van der Waals surface area contributed by atoms with Gasteiger partial charge in [0.1, 0.15) is 6.61 Å². The summed E-state index contributed by atoms with van der Waals surface area (Å²) < 4.78 is 10.8. The van der Waals surface area contributed by atoms with Crippen LogP contribution in [0.5, 0.6) is 0 Å². The van der Waals surface area contributed by atoms with Crippen LogP contribution in [0.25, 0.3) is 0 Å². The molecule has 0 saturated carbocycles. The normalized spacial score (nSPS) is 13.0. The lowest BCUT2D eigenvalue weighted by atomic mass is 10.0. The number of aliphatic hydroxyl groups excluding tert-OH is 1. The summed E-state index contributed by atoms with van der Waals surface area (Å²) in [7, 11) is 0. The molecule has 5 heteroatoms. The molecule has 0 rings (SSSR count). The van der Waals surface area contributed by atoms with E-state index in [1.54, 1.807) is 0 Å². The SMILES string of the molecule is CC/C=C\C/C=C\C/C=C\C/C=C\C/C=C\C/C=C\CCCCCCCCCCCCCCCCCCCCC(=O)OC(CO)COC(=O)CCCCCCCCCCCCCCCCCC/C=C\C/C=C\C/C=C\C/C=C\CC. The Kier molecular flexibility index (Phi) is 66.4. The third-order valence-electron chi connectivity index (χ3n) is 14.8. The number of unbranched alkanes of at least 4 members (excludes halogenated alkanes) is 34. The fourth-order valence-corrected chi connectivity index (χ4v) is 9.73. The van der Waals surface area contributed by atoms with Crippen molar-refractivity contribution in [2.45, 2.75) is 328 Å². The minimum Gasteiger partial charge on any atom is -0.462 e. The van der Waals surface area contributed by atoms with E-state index in [-0.39, 0.29) is 25.2 Å². The third-order valence-corrected chi connectivity index (χ3v) is 14.8. The summed E-state index contributed by atoms with van der Waals surface area (Å²) in [6.45, 7) is 3.94. The van der Waals surface area contributed by atoms with Crippen LogP contribution in [0.4, 0.5) is 0 Å². The quantitative estimate of drug-likeness (QED) is 0.0373. The van der Waals surface area contributed by atoms with Crippen LogP contribution < -0.4 is 0 Å². The van der Waals surface area contributed by atoms with E-state index in [1.807, 2.05) is 0 Å². The topological polar surface area (TPSA) is 72.8 Å². The maximum Gasteiger partial charge on any atom is 0.306 e. The lowest BCUT2D eigenvalue weighted by Crippen LogP contribution is -2.28. The van der Waals surface area contributed by atoms with Crippen molar-refractivity contribution in [3.63, 3.8) is 0 Å². The van der Waals surface area contributed by atoms with Crippen LogP contribution in [0, 0.1) is 0 Å². The lowest BCUT2D eigenvalue weighted by molar-refractivity contribution is -0.161. The van der Waals surface area contributed by atoms with Gasteiger partial charge in [-0.05, 0) is 103 Å². The zero-order chi connectivity index (χ0) is 57.6. The number of hydrogen-bond acceptors (Lipinski definition) is 5. The van der Waals surface area contributed by atoms with E-state index in [9.17, 15) is 14.7 Å². The van der Waals surface area contributed by atoms with Crippen molar-refractivity contribution in [3.8, 4) is 0 Å². The summed E-state index contributed by atoms with van der Waals surface area (Å²) in [6, 6.07) is 0. The maximum atomic E-state index is 12.4. The molecule has 0 radical (unpaired) electrons. The van der Waals surface area contributed by atoms with Crippen molar-refractivity contribution in [2.24, 2.45) is 0 Å².